The van der Waals surface area contributed by atoms with Crippen molar-refractivity contribution in [3.63, 3.8) is 0 Å². The SMILES string of the molecule is OCC=CCC1CCNC1. The van der Waals surface area contributed by atoms with Crippen LogP contribution in [0.1, 0.15) is 12.8 Å². The maximum atomic E-state index is 8.44. The van der Waals surface area contributed by atoms with E-state index in [9.17, 15) is 0 Å². The fraction of sp³-hybridized carbons (Fsp3) is 0.750. The third-order valence-corrected chi connectivity index (χ3v) is 1.90. The van der Waals surface area contributed by atoms with Gasteiger partial charge in [0, 0.05) is 0 Å². The van der Waals surface area contributed by atoms with Crippen molar-refractivity contribution < 1.29 is 5.11 Å². The van der Waals surface area contributed by atoms with Crippen molar-refractivity contribution in [3.8, 4) is 0 Å². The van der Waals surface area contributed by atoms with Gasteiger partial charge in [0.1, 0.15) is 0 Å². The molecular formula is C8H15NO. The Hall–Kier alpha value is -0.340. The lowest BCUT2D eigenvalue weighted by Crippen LogP contribution is -2.08. The van der Waals surface area contributed by atoms with Gasteiger partial charge < -0.3 is 10.4 Å². The van der Waals surface area contributed by atoms with E-state index in [-0.39, 0.29) is 6.61 Å². The average molecular weight is 141 g/mol. The van der Waals surface area contributed by atoms with Crippen molar-refractivity contribution in [1.29, 1.82) is 0 Å². The fourth-order valence-corrected chi connectivity index (χ4v) is 1.28. The minimum Gasteiger partial charge on any atom is -0.392 e. The smallest absolute Gasteiger partial charge is 0.0612 e. The highest BCUT2D eigenvalue weighted by atomic mass is 16.2. The topological polar surface area (TPSA) is 32.3 Å². The van der Waals surface area contributed by atoms with Gasteiger partial charge in [-0.15, -0.1) is 0 Å². The van der Waals surface area contributed by atoms with Crippen molar-refractivity contribution in [3.05, 3.63) is 12.2 Å². The predicted octanol–water partition coefficient (Wildman–Crippen LogP) is 0.534. The van der Waals surface area contributed by atoms with Crippen LogP contribution in [0.2, 0.25) is 0 Å². The van der Waals surface area contributed by atoms with E-state index in [1.807, 2.05) is 6.08 Å². The second-order valence-corrected chi connectivity index (χ2v) is 2.75. The van der Waals surface area contributed by atoms with Gasteiger partial charge >= 0.3 is 0 Å². The number of hydrogen-bond acceptors (Lipinski definition) is 2. The van der Waals surface area contributed by atoms with Crippen LogP contribution in [0.5, 0.6) is 0 Å². The van der Waals surface area contributed by atoms with Gasteiger partial charge in [-0.25, -0.2) is 0 Å². The molecular weight excluding hydrogens is 126 g/mol. The van der Waals surface area contributed by atoms with E-state index < -0.39 is 0 Å². The first-order valence-corrected chi connectivity index (χ1v) is 3.90. The minimum absolute atomic E-state index is 0.181. The Morgan fingerprint density at radius 2 is 2.40 bits per heavy atom. The second-order valence-electron chi connectivity index (χ2n) is 2.75. The minimum atomic E-state index is 0.181. The van der Waals surface area contributed by atoms with E-state index in [1.165, 1.54) is 6.42 Å². The molecule has 1 aliphatic heterocycles. The van der Waals surface area contributed by atoms with Crippen molar-refractivity contribution >= 4 is 0 Å². The van der Waals surface area contributed by atoms with Crippen LogP contribution >= 0.6 is 0 Å². The maximum Gasteiger partial charge on any atom is 0.0612 e. The summed E-state index contributed by atoms with van der Waals surface area (Å²) in [6.07, 6.45) is 6.29. The van der Waals surface area contributed by atoms with E-state index in [4.69, 9.17) is 5.11 Å². The molecule has 1 fully saturated rings. The fourth-order valence-electron chi connectivity index (χ4n) is 1.28. The maximum absolute atomic E-state index is 8.44. The number of aliphatic hydroxyl groups excluding tert-OH is 1. The van der Waals surface area contributed by atoms with Crippen LogP contribution < -0.4 is 5.32 Å². The second kappa shape index (κ2) is 4.47. The highest BCUT2D eigenvalue weighted by Crippen LogP contribution is 2.11. The Morgan fingerprint density at radius 3 is 3.00 bits per heavy atom. The molecule has 0 aliphatic carbocycles. The van der Waals surface area contributed by atoms with E-state index in [0.29, 0.717) is 0 Å². The lowest BCUT2D eigenvalue weighted by atomic mass is 10.1. The Balaban J connectivity index is 2.06. The highest BCUT2D eigenvalue weighted by molar-refractivity contribution is 4.85. The summed E-state index contributed by atoms with van der Waals surface area (Å²) >= 11 is 0. The summed E-state index contributed by atoms with van der Waals surface area (Å²) in [6.45, 7) is 2.49. The third-order valence-electron chi connectivity index (χ3n) is 1.90. The van der Waals surface area contributed by atoms with E-state index in [2.05, 4.69) is 11.4 Å². The molecule has 1 rings (SSSR count). The molecule has 1 unspecified atom stereocenters. The van der Waals surface area contributed by atoms with Gasteiger partial charge in [-0.1, -0.05) is 12.2 Å². The van der Waals surface area contributed by atoms with Crippen LogP contribution in [-0.2, 0) is 0 Å². The molecule has 2 N–H and O–H groups in total. The van der Waals surface area contributed by atoms with Crippen LogP contribution in [0, 0.1) is 5.92 Å². The monoisotopic (exact) mass is 141 g/mol. The molecule has 0 radical (unpaired) electrons. The zero-order valence-corrected chi connectivity index (χ0v) is 6.21. The first-order chi connectivity index (χ1) is 4.93. The number of rotatable bonds is 3. The molecule has 0 amide bonds. The standard InChI is InChI=1S/C8H15NO/c10-6-2-1-3-8-4-5-9-7-8/h1-2,8-10H,3-7H2. The zero-order valence-electron chi connectivity index (χ0n) is 6.21. The molecule has 1 heterocycles. The zero-order chi connectivity index (χ0) is 7.23. The summed E-state index contributed by atoms with van der Waals surface area (Å²) in [5.41, 5.74) is 0. The van der Waals surface area contributed by atoms with Gasteiger partial charge in [0.05, 0.1) is 6.61 Å². The number of nitrogens with one attached hydrogen (secondary N) is 1. The van der Waals surface area contributed by atoms with Crippen LogP contribution in [0.4, 0.5) is 0 Å². The summed E-state index contributed by atoms with van der Waals surface area (Å²) in [4.78, 5) is 0. The molecule has 0 aromatic rings. The molecule has 0 saturated carbocycles. The van der Waals surface area contributed by atoms with Crippen molar-refractivity contribution in [1.82, 2.24) is 5.32 Å². The Labute approximate surface area is 61.9 Å². The Bertz CT molecular complexity index is 106. The van der Waals surface area contributed by atoms with E-state index in [1.54, 1.807) is 0 Å². The molecule has 1 saturated heterocycles. The van der Waals surface area contributed by atoms with Crippen molar-refractivity contribution in [2.24, 2.45) is 5.92 Å². The van der Waals surface area contributed by atoms with Gasteiger partial charge in [-0.05, 0) is 31.8 Å². The van der Waals surface area contributed by atoms with Crippen LogP contribution in [0.15, 0.2) is 12.2 Å². The van der Waals surface area contributed by atoms with Crippen LogP contribution in [-0.4, -0.2) is 24.8 Å². The number of aliphatic hydroxyl groups is 1. The third kappa shape index (κ3) is 2.50. The summed E-state index contributed by atoms with van der Waals surface area (Å²) in [5.74, 6) is 0.808. The number of hydrogen-bond donors (Lipinski definition) is 2. The lowest BCUT2D eigenvalue weighted by Gasteiger charge is -2.01. The molecule has 58 valence electrons. The van der Waals surface area contributed by atoms with Gasteiger partial charge in [0.25, 0.3) is 0 Å². The lowest BCUT2D eigenvalue weighted by molar-refractivity contribution is 0.342. The summed E-state index contributed by atoms with van der Waals surface area (Å²) in [7, 11) is 0. The summed E-state index contributed by atoms with van der Waals surface area (Å²) in [6, 6.07) is 0. The first-order valence-electron chi connectivity index (χ1n) is 3.90. The van der Waals surface area contributed by atoms with E-state index in [0.717, 1.165) is 25.4 Å². The molecule has 1 atom stereocenters. The normalized spacial score (nSPS) is 26.3. The van der Waals surface area contributed by atoms with Crippen LogP contribution in [0.3, 0.4) is 0 Å². The Kier molecular flexibility index (Phi) is 3.47. The summed E-state index contributed by atoms with van der Waals surface area (Å²) in [5, 5.41) is 11.7. The molecule has 0 aromatic carbocycles. The quantitative estimate of drug-likeness (QED) is 0.562. The number of allylic oxidation sites excluding steroid dienone is 1. The van der Waals surface area contributed by atoms with Gasteiger partial charge in [-0.3, -0.25) is 0 Å². The van der Waals surface area contributed by atoms with Gasteiger partial charge in [0.2, 0.25) is 0 Å². The largest absolute Gasteiger partial charge is 0.392 e. The van der Waals surface area contributed by atoms with E-state index >= 15 is 0 Å². The molecule has 0 bridgehead atoms. The average Bonchev–Trinajstić information content (AvgIpc) is 2.41. The summed E-state index contributed by atoms with van der Waals surface area (Å²) < 4.78 is 0. The van der Waals surface area contributed by atoms with Gasteiger partial charge in [0.15, 0.2) is 0 Å². The molecule has 1 aliphatic rings. The molecule has 10 heavy (non-hydrogen) atoms. The molecule has 2 nitrogen and oxygen atoms in total. The predicted molar refractivity (Wildman–Crippen MR) is 41.8 cm³/mol. The Morgan fingerprint density at radius 1 is 1.50 bits per heavy atom. The molecule has 0 spiro atoms. The van der Waals surface area contributed by atoms with Crippen molar-refractivity contribution in [2.75, 3.05) is 19.7 Å². The highest BCUT2D eigenvalue weighted by Gasteiger charge is 2.11. The first kappa shape index (κ1) is 7.76. The van der Waals surface area contributed by atoms with Gasteiger partial charge in [-0.2, -0.15) is 0 Å². The van der Waals surface area contributed by atoms with Crippen LogP contribution in [0.25, 0.3) is 0 Å². The molecule has 2 heteroatoms. The molecule has 0 aromatic heterocycles. The van der Waals surface area contributed by atoms with Crippen molar-refractivity contribution in [2.45, 2.75) is 12.8 Å².